The number of benzene rings is 1. The van der Waals surface area contributed by atoms with Crippen molar-refractivity contribution >= 4 is 38.6 Å². The van der Waals surface area contributed by atoms with Crippen molar-refractivity contribution in [2.24, 2.45) is 5.41 Å². The number of halogens is 2. The summed E-state index contributed by atoms with van der Waals surface area (Å²) < 4.78 is 3.54. The predicted octanol–water partition coefficient (Wildman–Crippen LogP) is 5.55. The molecule has 0 N–H and O–H groups in total. The van der Waals surface area contributed by atoms with Crippen LogP contribution in [0.3, 0.4) is 0 Å². The van der Waals surface area contributed by atoms with Crippen molar-refractivity contribution in [1.82, 2.24) is 9.55 Å². The Morgan fingerprint density at radius 2 is 2.10 bits per heavy atom. The van der Waals surface area contributed by atoms with Crippen LogP contribution in [0.5, 0.6) is 0 Å². The third-order valence-corrected chi connectivity index (χ3v) is 5.70. The SMILES string of the molecule is CCC1(Cn2c(CCCl)nc3ccc(Br)cc32)CCCC1. The Balaban J connectivity index is 2.05. The molecule has 0 amide bonds. The summed E-state index contributed by atoms with van der Waals surface area (Å²) >= 11 is 9.58. The van der Waals surface area contributed by atoms with Gasteiger partial charge < -0.3 is 4.57 Å². The molecule has 0 radical (unpaired) electrons. The van der Waals surface area contributed by atoms with Gasteiger partial charge in [-0.25, -0.2) is 4.98 Å². The van der Waals surface area contributed by atoms with E-state index in [1.54, 1.807) is 0 Å². The van der Waals surface area contributed by atoms with E-state index < -0.39 is 0 Å². The summed E-state index contributed by atoms with van der Waals surface area (Å²) in [7, 11) is 0. The molecule has 0 saturated heterocycles. The van der Waals surface area contributed by atoms with Gasteiger partial charge in [0.05, 0.1) is 11.0 Å². The largest absolute Gasteiger partial charge is 0.327 e. The van der Waals surface area contributed by atoms with Gasteiger partial charge in [0.2, 0.25) is 0 Å². The minimum absolute atomic E-state index is 0.455. The lowest BCUT2D eigenvalue weighted by atomic mass is 9.83. The molecule has 1 saturated carbocycles. The second kappa shape index (κ2) is 6.29. The summed E-state index contributed by atoms with van der Waals surface area (Å²) in [6.07, 6.45) is 7.52. The predicted molar refractivity (Wildman–Crippen MR) is 93.0 cm³/mol. The second-order valence-electron chi connectivity index (χ2n) is 6.25. The van der Waals surface area contributed by atoms with E-state index in [9.17, 15) is 0 Å². The molecule has 1 aliphatic rings. The Bertz CT molecular complexity index is 629. The second-order valence-corrected chi connectivity index (χ2v) is 7.54. The number of imidazole rings is 1. The van der Waals surface area contributed by atoms with Gasteiger partial charge in [0.1, 0.15) is 5.82 Å². The quantitative estimate of drug-likeness (QED) is 0.632. The number of hydrogen-bond donors (Lipinski definition) is 0. The van der Waals surface area contributed by atoms with Crippen LogP contribution < -0.4 is 0 Å². The number of aromatic nitrogens is 2. The Labute approximate surface area is 140 Å². The number of alkyl halides is 1. The first-order valence-corrected chi connectivity index (χ1v) is 9.21. The number of nitrogens with zero attached hydrogens (tertiary/aromatic N) is 2. The van der Waals surface area contributed by atoms with Crippen molar-refractivity contribution in [3.63, 3.8) is 0 Å². The number of aryl methyl sites for hydroxylation is 1. The fourth-order valence-corrected chi connectivity index (χ4v) is 4.20. The van der Waals surface area contributed by atoms with Crippen molar-refractivity contribution in [2.75, 3.05) is 5.88 Å². The van der Waals surface area contributed by atoms with Gasteiger partial charge in [-0.15, -0.1) is 11.6 Å². The molecule has 114 valence electrons. The number of fused-ring (bicyclic) bond motifs is 1. The highest BCUT2D eigenvalue weighted by molar-refractivity contribution is 9.10. The zero-order chi connectivity index (χ0) is 14.9. The fraction of sp³-hybridized carbons (Fsp3) is 0.588. The van der Waals surface area contributed by atoms with Crippen LogP contribution in [0.1, 0.15) is 44.9 Å². The highest BCUT2D eigenvalue weighted by Gasteiger charge is 2.33. The molecular weight excluding hydrogens is 348 g/mol. The zero-order valence-corrected chi connectivity index (χ0v) is 14.9. The van der Waals surface area contributed by atoms with Crippen molar-refractivity contribution in [2.45, 2.75) is 52.0 Å². The van der Waals surface area contributed by atoms with E-state index in [-0.39, 0.29) is 0 Å². The monoisotopic (exact) mass is 368 g/mol. The Kier molecular flexibility index (Phi) is 4.60. The first-order chi connectivity index (χ1) is 10.2. The van der Waals surface area contributed by atoms with E-state index in [1.807, 2.05) is 0 Å². The van der Waals surface area contributed by atoms with Gasteiger partial charge in [-0.1, -0.05) is 35.7 Å². The molecule has 2 aromatic rings. The Hall–Kier alpha value is -0.540. The maximum absolute atomic E-state index is 5.99. The molecule has 1 aliphatic carbocycles. The van der Waals surface area contributed by atoms with Gasteiger partial charge in [-0.3, -0.25) is 0 Å². The minimum atomic E-state index is 0.455. The van der Waals surface area contributed by atoms with E-state index in [0.29, 0.717) is 11.3 Å². The van der Waals surface area contributed by atoms with Crippen molar-refractivity contribution < 1.29 is 0 Å². The molecule has 2 nitrogen and oxygen atoms in total. The molecule has 21 heavy (non-hydrogen) atoms. The molecule has 1 aromatic heterocycles. The van der Waals surface area contributed by atoms with Gasteiger partial charge >= 0.3 is 0 Å². The molecule has 3 rings (SSSR count). The standard InChI is InChI=1S/C17H22BrClN2/c1-2-17(8-3-4-9-17)12-21-15-11-13(18)5-6-14(15)20-16(21)7-10-19/h5-6,11H,2-4,7-10,12H2,1H3. The third kappa shape index (κ3) is 3.00. The van der Waals surface area contributed by atoms with E-state index >= 15 is 0 Å². The van der Waals surface area contributed by atoms with Gasteiger partial charge in [0.25, 0.3) is 0 Å². The highest BCUT2D eigenvalue weighted by Crippen LogP contribution is 2.43. The summed E-state index contributed by atoms with van der Waals surface area (Å²) in [5.74, 6) is 1.77. The lowest BCUT2D eigenvalue weighted by Crippen LogP contribution is -2.24. The third-order valence-electron chi connectivity index (χ3n) is 5.02. The van der Waals surface area contributed by atoms with E-state index in [2.05, 4.69) is 45.6 Å². The van der Waals surface area contributed by atoms with Gasteiger partial charge in [0, 0.05) is 23.3 Å². The topological polar surface area (TPSA) is 17.8 Å². The van der Waals surface area contributed by atoms with Gasteiger partial charge in [-0.05, 0) is 42.9 Å². The van der Waals surface area contributed by atoms with Crippen LogP contribution in [0, 0.1) is 5.41 Å². The van der Waals surface area contributed by atoms with Gasteiger partial charge in [-0.2, -0.15) is 0 Å². The normalized spacial score (nSPS) is 17.7. The summed E-state index contributed by atoms with van der Waals surface area (Å²) in [5.41, 5.74) is 2.78. The molecule has 0 spiro atoms. The van der Waals surface area contributed by atoms with E-state index in [1.165, 1.54) is 37.6 Å². The van der Waals surface area contributed by atoms with Crippen LogP contribution in [0.4, 0.5) is 0 Å². The Morgan fingerprint density at radius 1 is 1.33 bits per heavy atom. The van der Waals surface area contributed by atoms with Crippen molar-refractivity contribution in [1.29, 1.82) is 0 Å². The minimum Gasteiger partial charge on any atom is -0.327 e. The summed E-state index contributed by atoms with van der Waals surface area (Å²) in [5, 5.41) is 0. The maximum Gasteiger partial charge on any atom is 0.111 e. The van der Waals surface area contributed by atoms with E-state index in [4.69, 9.17) is 16.6 Å². The first-order valence-electron chi connectivity index (χ1n) is 7.88. The maximum atomic E-state index is 5.99. The average molecular weight is 370 g/mol. The smallest absolute Gasteiger partial charge is 0.111 e. The molecule has 1 aromatic carbocycles. The molecule has 0 atom stereocenters. The molecule has 0 bridgehead atoms. The number of hydrogen-bond acceptors (Lipinski definition) is 1. The molecule has 0 unspecified atom stereocenters. The molecule has 0 aliphatic heterocycles. The lowest BCUT2D eigenvalue weighted by Gasteiger charge is -2.29. The summed E-state index contributed by atoms with van der Waals surface area (Å²) in [6, 6.07) is 6.36. The summed E-state index contributed by atoms with van der Waals surface area (Å²) in [6.45, 7) is 3.42. The van der Waals surface area contributed by atoms with Crippen LogP contribution >= 0.6 is 27.5 Å². The first kappa shape index (κ1) is 15.4. The lowest BCUT2D eigenvalue weighted by molar-refractivity contribution is 0.238. The molecule has 1 heterocycles. The highest BCUT2D eigenvalue weighted by atomic mass is 79.9. The average Bonchev–Trinajstić information content (AvgIpc) is 3.07. The van der Waals surface area contributed by atoms with Crippen molar-refractivity contribution in [3.8, 4) is 0 Å². The molecule has 1 fully saturated rings. The Morgan fingerprint density at radius 3 is 2.76 bits per heavy atom. The van der Waals surface area contributed by atoms with E-state index in [0.717, 1.165) is 28.8 Å². The molecular formula is C17H22BrClN2. The fourth-order valence-electron chi connectivity index (χ4n) is 3.68. The van der Waals surface area contributed by atoms with Crippen LogP contribution in [-0.2, 0) is 13.0 Å². The number of rotatable bonds is 5. The van der Waals surface area contributed by atoms with Crippen LogP contribution in [0.25, 0.3) is 11.0 Å². The van der Waals surface area contributed by atoms with Gasteiger partial charge in [0.15, 0.2) is 0 Å². The van der Waals surface area contributed by atoms with Crippen LogP contribution in [0.2, 0.25) is 0 Å². The van der Waals surface area contributed by atoms with Crippen molar-refractivity contribution in [3.05, 3.63) is 28.5 Å². The zero-order valence-electron chi connectivity index (χ0n) is 12.5. The van der Waals surface area contributed by atoms with Crippen LogP contribution in [0.15, 0.2) is 22.7 Å². The molecule has 4 heteroatoms. The van der Waals surface area contributed by atoms with Crippen LogP contribution in [-0.4, -0.2) is 15.4 Å². The summed E-state index contributed by atoms with van der Waals surface area (Å²) in [4.78, 5) is 4.81.